The van der Waals surface area contributed by atoms with Crippen LogP contribution in [0.2, 0.25) is 0 Å². The lowest BCUT2D eigenvalue weighted by atomic mass is 10.2. The van der Waals surface area contributed by atoms with Gasteiger partial charge in [0.15, 0.2) is 0 Å². The SMILES string of the molecule is CCC/C(=C\S(=O)(=O)O)C(N)=O. The minimum Gasteiger partial charge on any atom is -0.366 e. The maximum Gasteiger partial charge on any atom is 0.288 e. The molecule has 0 heterocycles. The predicted octanol–water partition coefficient (Wildman–Crippen LogP) is 0.0435. The molecule has 1 amide bonds. The molecule has 0 aliphatic heterocycles. The van der Waals surface area contributed by atoms with E-state index in [2.05, 4.69) is 0 Å². The Labute approximate surface area is 71.0 Å². The van der Waals surface area contributed by atoms with Gasteiger partial charge in [-0.3, -0.25) is 9.35 Å². The van der Waals surface area contributed by atoms with Gasteiger partial charge in [0.05, 0.1) is 5.41 Å². The first kappa shape index (κ1) is 11.1. The molecular formula is C6H11NO4S. The van der Waals surface area contributed by atoms with Crippen molar-refractivity contribution in [3.8, 4) is 0 Å². The van der Waals surface area contributed by atoms with Crippen LogP contribution >= 0.6 is 0 Å². The summed E-state index contributed by atoms with van der Waals surface area (Å²) in [6.45, 7) is 1.76. The summed E-state index contributed by atoms with van der Waals surface area (Å²) < 4.78 is 28.9. The van der Waals surface area contributed by atoms with Gasteiger partial charge in [-0.1, -0.05) is 13.3 Å². The summed E-state index contributed by atoms with van der Waals surface area (Å²) in [5, 5.41) is 0.485. The third-order valence-electron chi connectivity index (χ3n) is 1.13. The van der Waals surface area contributed by atoms with Gasteiger partial charge in [-0.2, -0.15) is 8.42 Å². The van der Waals surface area contributed by atoms with Crippen molar-refractivity contribution in [1.82, 2.24) is 0 Å². The van der Waals surface area contributed by atoms with Crippen LogP contribution in [0.15, 0.2) is 11.0 Å². The zero-order chi connectivity index (χ0) is 9.78. The molecule has 6 heteroatoms. The Morgan fingerprint density at radius 1 is 1.58 bits per heavy atom. The van der Waals surface area contributed by atoms with Gasteiger partial charge in [-0.15, -0.1) is 0 Å². The van der Waals surface area contributed by atoms with Gasteiger partial charge >= 0.3 is 0 Å². The third-order valence-corrected chi connectivity index (χ3v) is 1.71. The van der Waals surface area contributed by atoms with Crippen LogP contribution in [0.3, 0.4) is 0 Å². The van der Waals surface area contributed by atoms with Gasteiger partial charge in [0.25, 0.3) is 10.1 Å². The third kappa shape index (κ3) is 4.86. The van der Waals surface area contributed by atoms with Crippen LogP contribution in [-0.4, -0.2) is 18.9 Å². The lowest BCUT2D eigenvalue weighted by molar-refractivity contribution is -0.114. The summed E-state index contributed by atoms with van der Waals surface area (Å²) in [5.74, 6) is -0.825. The molecule has 0 spiro atoms. The Bertz CT molecular complexity index is 291. The van der Waals surface area contributed by atoms with Gasteiger partial charge in [-0.05, 0) is 6.42 Å². The van der Waals surface area contributed by atoms with Gasteiger partial charge in [-0.25, -0.2) is 0 Å². The zero-order valence-electron chi connectivity index (χ0n) is 6.65. The average molecular weight is 193 g/mol. The van der Waals surface area contributed by atoms with E-state index in [1.807, 2.05) is 0 Å². The van der Waals surface area contributed by atoms with Gasteiger partial charge in [0, 0.05) is 5.57 Å². The van der Waals surface area contributed by atoms with E-state index in [4.69, 9.17) is 10.3 Å². The molecule has 70 valence electrons. The second-order valence-electron chi connectivity index (χ2n) is 2.27. The van der Waals surface area contributed by atoms with Crippen LogP contribution in [-0.2, 0) is 14.9 Å². The number of primary amides is 1. The molecule has 0 saturated heterocycles. The van der Waals surface area contributed by atoms with Gasteiger partial charge in [0.2, 0.25) is 5.91 Å². The fourth-order valence-corrected chi connectivity index (χ4v) is 1.28. The molecule has 0 radical (unpaired) electrons. The van der Waals surface area contributed by atoms with Crippen LogP contribution < -0.4 is 5.73 Å². The highest BCUT2D eigenvalue weighted by Gasteiger charge is 2.08. The number of nitrogens with two attached hydrogens (primary N) is 1. The van der Waals surface area contributed by atoms with E-state index in [-0.39, 0.29) is 12.0 Å². The van der Waals surface area contributed by atoms with Crippen molar-refractivity contribution in [1.29, 1.82) is 0 Å². The van der Waals surface area contributed by atoms with Crippen LogP contribution in [0.4, 0.5) is 0 Å². The lowest BCUT2D eigenvalue weighted by Gasteiger charge is -1.98. The fourth-order valence-electron chi connectivity index (χ4n) is 0.689. The largest absolute Gasteiger partial charge is 0.366 e. The number of hydrogen-bond acceptors (Lipinski definition) is 3. The molecule has 0 saturated carbocycles. The fraction of sp³-hybridized carbons (Fsp3) is 0.500. The monoisotopic (exact) mass is 193 g/mol. The standard InChI is InChI=1S/C6H11NO4S/c1-2-3-5(6(7)8)4-12(9,10)11/h4H,2-3H2,1H3,(H2,7,8)(H,9,10,11)/b5-4+. The van der Waals surface area contributed by atoms with Crippen molar-refractivity contribution in [2.75, 3.05) is 0 Å². The van der Waals surface area contributed by atoms with Gasteiger partial charge < -0.3 is 5.73 Å². The maximum atomic E-state index is 10.5. The highest BCUT2D eigenvalue weighted by atomic mass is 32.2. The topological polar surface area (TPSA) is 97.5 Å². The van der Waals surface area contributed by atoms with E-state index in [1.165, 1.54) is 0 Å². The molecule has 0 atom stereocenters. The molecule has 0 aliphatic carbocycles. The smallest absolute Gasteiger partial charge is 0.288 e. The van der Waals surface area contributed by atoms with Crippen molar-refractivity contribution < 1.29 is 17.8 Å². The Morgan fingerprint density at radius 3 is 2.33 bits per heavy atom. The summed E-state index contributed by atoms with van der Waals surface area (Å²) in [6.07, 6.45) is 0.833. The highest BCUT2D eigenvalue weighted by molar-refractivity contribution is 7.88. The summed E-state index contributed by atoms with van der Waals surface area (Å²) in [4.78, 5) is 10.5. The molecule has 0 bridgehead atoms. The molecule has 0 aromatic heterocycles. The number of amides is 1. The van der Waals surface area contributed by atoms with Crippen LogP contribution in [0.1, 0.15) is 19.8 Å². The lowest BCUT2D eigenvalue weighted by Crippen LogP contribution is -2.15. The summed E-state index contributed by atoms with van der Waals surface area (Å²) in [6, 6.07) is 0. The van der Waals surface area contributed by atoms with E-state index in [9.17, 15) is 13.2 Å². The van der Waals surface area contributed by atoms with E-state index >= 15 is 0 Å². The molecule has 0 fully saturated rings. The van der Waals surface area contributed by atoms with Crippen molar-refractivity contribution in [2.24, 2.45) is 5.73 Å². The number of carbonyl (C=O) groups is 1. The Kier molecular flexibility index (Phi) is 3.91. The Morgan fingerprint density at radius 2 is 2.08 bits per heavy atom. The molecule has 0 aromatic carbocycles. The van der Waals surface area contributed by atoms with Crippen LogP contribution in [0, 0.1) is 0 Å². The second-order valence-corrected chi connectivity index (χ2v) is 3.54. The van der Waals surface area contributed by atoms with Gasteiger partial charge in [0.1, 0.15) is 0 Å². The normalized spacial score (nSPS) is 13.0. The van der Waals surface area contributed by atoms with Crippen molar-refractivity contribution in [3.63, 3.8) is 0 Å². The molecule has 0 unspecified atom stereocenters. The van der Waals surface area contributed by atoms with Crippen LogP contribution in [0.25, 0.3) is 0 Å². The Hall–Kier alpha value is -0.880. The molecule has 12 heavy (non-hydrogen) atoms. The summed E-state index contributed by atoms with van der Waals surface area (Å²) in [5.41, 5.74) is 4.76. The predicted molar refractivity (Wildman–Crippen MR) is 43.7 cm³/mol. The number of carbonyl (C=O) groups excluding carboxylic acids is 1. The minimum absolute atomic E-state index is 0.0833. The molecular weight excluding hydrogens is 182 g/mol. The molecule has 5 nitrogen and oxygen atoms in total. The van der Waals surface area contributed by atoms with E-state index in [1.54, 1.807) is 6.92 Å². The molecule has 0 rings (SSSR count). The van der Waals surface area contributed by atoms with E-state index in [0.717, 1.165) is 0 Å². The van der Waals surface area contributed by atoms with Crippen molar-refractivity contribution >= 4 is 16.0 Å². The first-order chi connectivity index (χ1) is 5.37. The van der Waals surface area contributed by atoms with Crippen LogP contribution in [0.5, 0.6) is 0 Å². The average Bonchev–Trinajstić information content (AvgIpc) is 1.83. The summed E-state index contributed by atoms with van der Waals surface area (Å²) >= 11 is 0. The highest BCUT2D eigenvalue weighted by Crippen LogP contribution is 2.05. The Balaban J connectivity index is 4.74. The maximum absolute atomic E-state index is 10.5. The zero-order valence-corrected chi connectivity index (χ0v) is 7.47. The number of hydrogen-bond donors (Lipinski definition) is 2. The van der Waals surface area contributed by atoms with E-state index < -0.39 is 16.0 Å². The number of rotatable bonds is 4. The molecule has 0 aromatic rings. The van der Waals surface area contributed by atoms with E-state index in [0.29, 0.717) is 11.8 Å². The summed E-state index contributed by atoms with van der Waals surface area (Å²) in [7, 11) is -4.25. The quantitative estimate of drug-likeness (QED) is 0.486. The first-order valence-corrected chi connectivity index (χ1v) is 4.85. The molecule has 0 aliphatic rings. The molecule has 3 N–H and O–H groups in total. The minimum atomic E-state index is -4.25. The van der Waals surface area contributed by atoms with Crippen molar-refractivity contribution in [2.45, 2.75) is 19.8 Å². The second kappa shape index (κ2) is 4.22. The van der Waals surface area contributed by atoms with Crippen molar-refractivity contribution in [3.05, 3.63) is 11.0 Å². The first-order valence-electron chi connectivity index (χ1n) is 3.34.